The van der Waals surface area contributed by atoms with Gasteiger partial charge in [-0.05, 0) is 30.7 Å². The number of amides is 1. The molecular formula is C19H17N3O. The highest BCUT2D eigenvalue weighted by Gasteiger charge is 2.09. The average molecular weight is 303 g/mol. The summed E-state index contributed by atoms with van der Waals surface area (Å²) in [6.07, 6.45) is 3.30. The third-order valence-corrected chi connectivity index (χ3v) is 3.31. The summed E-state index contributed by atoms with van der Waals surface area (Å²) in [7, 11) is 0. The predicted octanol–water partition coefficient (Wildman–Crippen LogP) is 3.83. The minimum atomic E-state index is -0.189. The Morgan fingerprint density at radius 3 is 2.39 bits per heavy atom. The van der Waals surface area contributed by atoms with Gasteiger partial charge in [-0.3, -0.25) is 4.79 Å². The Morgan fingerprint density at radius 1 is 1.04 bits per heavy atom. The van der Waals surface area contributed by atoms with Gasteiger partial charge in [0.1, 0.15) is 5.82 Å². The van der Waals surface area contributed by atoms with Gasteiger partial charge in [0.15, 0.2) is 0 Å². The second-order valence-corrected chi connectivity index (χ2v) is 5.15. The molecule has 1 heterocycles. The van der Waals surface area contributed by atoms with Crippen LogP contribution in [0.15, 0.2) is 72.8 Å². The second kappa shape index (κ2) is 6.75. The molecule has 0 saturated carbocycles. The molecule has 0 bridgehead atoms. The summed E-state index contributed by atoms with van der Waals surface area (Å²) in [6, 6.07) is 21.3. The number of carbonyl (C=O) groups is 1. The lowest BCUT2D eigenvalue weighted by atomic mass is 10.2. The number of nitrogens with one attached hydrogen (secondary N) is 1. The van der Waals surface area contributed by atoms with E-state index in [1.165, 1.54) is 6.08 Å². The number of aromatic nitrogens is 2. The van der Waals surface area contributed by atoms with E-state index in [-0.39, 0.29) is 5.91 Å². The van der Waals surface area contributed by atoms with E-state index >= 15 is 0 Å². The SMILES string of the molecule is Cc1cc(NC(=O)/C=C/c2ccccc2)n(-c2ccccc2)n1. The summed E-state index contributed by atoms with van der Waals surface area (Å²) >= 11 is 0. The molecule has 1 aromatic heterocycles. The molecule has 114 valence electrons. The number of aryl methyl sites for hydroxylation is 1. The molecule has 23 heavy (non-hydrogen) atoms. The van der Waals surface area contributed by atoms with Crippen molar-refractivity contribution in [3.05, 3.63) is 84.1 Å². The normalized spacial score (nSPS) is 10.8. The molecule has 3 aromatic rings. The van der Waals surface area contributed by atoms with Gasteiger partial charge in [0, 0.05) is 12.1 Å². The monoisotopic (exact) mass is 303 g/mol. The van der Waals surface area contributed by atoms with Crippen molar-refractivity contribution in [3.8, 4) is 5.69 Å². The predicted molar refractivity (Wildman–Crippen MR) is 92.4 cm³/mol. The lowest BCUT2D eigenvalue weighted by molar-refractivity contribution is -0.111. The van der Waals surface area contributed by atoms with Gasteiger partial charge in [-0.1, -0.05) is 48.5 Å². The first-order valence-electron chi connectivity index (χ1n) is 7.38. The number of hydrogen-bond donors (Lipinski definition) is 1. The Balaban J connectivity index is 1.78. The van der Waals surface area contributed by atoms with Gasteiger partial charge < -0.3 is 5.32 Å². The summed E-state index contributed by atoms with van der Waals surface area (Å²) in [5.41, 5.74) is 2.73. The highest BCUT2D eigenvalue weighted by molar-refractivity contribution is 6.01. The van der Waals surface area contributed by atoms with Crippen LogP contribution in [-0.4, -0.2) is 15.7 Å². The molecule has 0 atom stereocenters. The topological polar surface area (TPSA) is 46.9 Å². The van der Waals surface area contributed by atoms with E-state index in [9.17, 15) is 4.79 Å². The van der Waals surface area contributed by atoms with Gasteiger partial charge in [-0.15, -0.1) is 0 Å². The summed E-state index contributed by atoms with van der Waals surface area (Å²) in [5.74, 6) is 0.461. The summed E-state index contributed by atoms with van der Waals surface area (Å²) in [6.45, 7) is 1.90. The Kier molecular flexibility index (Phi) is 4.34. The second-order valence-electron chi connectivity index (χ2n) is 5.15. The fraction of sp³-hybridized carbons (Fsp3) is 0.0526. The van der Waals surface area contributed by atoms with Crippen molar-refractivity contribution in [2.24, 2.45) is 0 Å². The van der Waals surface area contributed by atoms with Crippen molar-refractivity contribution in [2.75, 3.05) is 5.32 Å². The summed E-state index contributed by atoms with van der Waals surface area (Å²) in [4.78, 5) is 12.1. The molecule has 0 spiro atoms. The van der Waals surface area contributed by atoms with Crippen LogP contribution in [0.2, 0.25) is 0 Å². The van der Waals surface area contributed by atoms with E-state index in [1.54, 1.807) is 10.8 Å². The van der Waals surface area contributed by atoms with Gasteiger partial charge in [0.05, 0.1) is 11.4 Å². The molecule has 0 aliphatic rings. The van der Waals surface area contributed by atoms with Crippen LogP contribution in [0.4, 0.5) is 5.82 Å². The first-order chi connectivity index (χ1) is 11.2. The van der Waals surface area contributed by atoms with Crippen molar-refractivity contribution in [1.29, 1.82) is 0 Å². The smallest absolute Gasteiger partial charge is 0.249 e. The Hall–Kier alpha value is -3.14. The third-order valence-electron chi connectivity index (χ3n) is 3.31. The van der Waals surface area contributed by atoms with Crippen LogP contribution in [0, 0.1) is 6.92 Å². The largest absolute Gasteiger partial charge is 0.307 e. The molecule has 0 unspecified atom stereocenters. The minimum absolute atomic E-state index is 0.189. The van der Waals surface area contributed by atoms with Crippen molar-refractivity contribution in [2.45, 2.75) is 6.92 Å². The number of rotatable bonds is 4. The third kappa shape index (κ3) is 3.74. The van der Waals surface area contributed by atoms with E-state index < -0.39 is 0 Å². The van der Waals surface area contributed by atoms with Gasteiger partial charge in [-0.25, -0.2) is 4.68 Å². The number of carbonyl (C=O) groups excluding carboxylic acids is 1. The molecule has 0 radical (unpaired) electrons. The molecule has 4 nitrogen and oxygen atoms in total. The number of hydrogen-bond acceptors (Lipinski definition) is 2. The lowest BCUT2D eigenvalue weighted by Gasteiger charge is -2.07. The quantitative estimate of drug-likeness (QED) is 0.745. The van der Waals surface area contributed by atoms with Gasteiger partial charge in [0.2, 0.25) is 5.91 Å². The van der Waals surface area contributed by atoms with Crippen molar-refractivity contribution < 1.29 is 4.79 Å². The fourth-order valence-electron chi connectivity index (χ4n) is 2.26. The number of nitrogens with zero attached hydrogens (tertiary/aromatic N) is 2. The zero-order valence-corrected chi connectivity index (χ0v) is 12.8. The Labute approximate surface area is 135 Å². The summed E-state index contributed by atoms with van der Waals surface area (Å²) < 4.78 is 1.73. The van der Waals surface area contributed by atoms with E-state index in [4.69, 9.17) is 0 Å². The van der Waals surface area contributed by atoms with E-state index in [2.05, 4.69) is 10.4 Å². The van der Waals surface area contributed by atoms with Crippen LogP contribution < -0.4 is 5.32 Å². The van der Waals surface area contributed by atoms with Crippen LogP contribution in [0.5, 0.6) is 0 Å². The number of anilines is 1. The molecule has 0 aliphatic heterocycles. The van der Waals surface area contributed by atoms with Gasteiger partial charge in [0.25, 0.3) is 0 Å². The molecule has 3 rings (SSSR count). The molecule has 0 saturated heterocycles. The average Bonchev–Trinajstić information content (AvgIpc) is 2.95. The van der Waals surface area contributed by atoms with E-state index in [0.29, 0.717) is 5.82 Å². The maximum atomic E-state index is 12.1. The van der Waals surface area contributed by atoms with Crippen molar-refractivity contribution in [1.82, 2.24) is 9.78 Å². The van der Waals surface area contributed by atoms with Gasteiger partial charge >= 0.3 is 0 Å². The Morgan fingerprint density at radius 2 is 1.70 bits per heavy atom. The zero-order valence-electron chi connectivity index (χ0n) is 12.8. The summed E-state index contributed by atoms with van der Waals surface area (Å²) in [5, 5.41) is 7.30. The van der Waals surface area contributed by atoms with Gasteiger partial charge in [-0.2, -0.15) is 5.10 Å². The van der Waals surface area contributed by atoms with Crippen LogP contribution in [0.1, 0.15) is 11.3 Å². The van der Waals surface area contributed by atoms with E-state index in [0.717, 1.165) is 16.9 Å². The highest BCUT2D eigenvalue weighted by atomic mass is 16.1. The molecule has 0 aliphatic carbocycles. The van der Waals surface area contributed by atoms with Crippen molar-refractivity contribution in [3.63, 3.8) is 0 Å². The standard InChI is InChI=1S/C19H17N3O/c1-15-14-18(22(21-15)17-10-6-3-7-11-17)20-19(23)13-12-16-8-4-2-5-9-16/h2-14H,1H3,(H,20,23)/b13-12+. The maximum absolute atomic E-state index is 12.1. The van der Waals surface area contributed by atoms with E-state index in [1.807, 2.05) is 73.7 Å². The van der Waals surface area contributed by atoms with Crippen LogP contribution in [0.25, 0.3) is 11.8 Å². The first-order valence-corrected chi connectivity index (χ1v) is 7.38. The zero-order chi connectivity index (χ0) is 16.1. The highest BCUT2D eigenvalue weighted by Crippen LogP contribution is 2.17. The molecular weight excluding hydrogens is 286 g/mol. The Bertz CT molecular complexity index is 820. The van der Waals surface area contributed by atoms with Crippen LogP contribution >= 0.6 is 0 Å². The molecule has 2 aromatic carbocycles. The minimum Gasteiger partial charge on any atom is -0.307 e. The van der Waals surface area contributed by atoms with Crippen molar-refractivity contribution >= 4 is 17.8 Å². The first kappa shape index (κ1) is 14.8. The molecule has 1 amide bonds. The molecule has 0 fully saturated rings. The molecule has 4 heteroatoms. The van der Waals surface area contributed by atoms with Crippen LogP contribution in [0.3, 0.4) is 0 Å². The lowest BCUT2D eigenvalue weighted by Crippen LogP contribution is -2.12. The number of benzene rings is 2. The molecule has 1 N–H and O–H groups in total. The maximum Gasteiger partial charge on any atom is 0.249 e. The van der Waals surface area contributed by atoms with Crippen LogP contribution in [-0.2, 0) is 4.79 Å². The fourth-order valence-corrected chi connectivity index (χ4v) is 2.26. The number of para-hydroxylation sites is 1.